The van der Waals surface area contributed by atoms with E-state index < -0.39 is 15.9 Å². The number of nitrogens with one attached hydrogen (secondary N) is 1. The minimum Gasteiger partial charge on any atom is -0.372 e. The normalized spacial score (nSPS) is 18.3. The second-order valence-electron chi connectivity index (χ2n) is 8.04. The number of hydrogen-bond acceptors (Lipinski definition) is 5. The molecule has 2 aliphatic rings. The Hall–Kier alpha value is -2.13. The SMILES string of the molecule is CN1CCN(S(=O)(=O)c2ccc(Cl)c(C(=O)Nc3ccc(N4CCCC4)cc3)c2)CC1. The van der Waals surface area contributed by atoms with Gasteiger partial charge in [-0.2, -0.15) is 4.31 Å². The zero-order valence-corrected chi connectivity index (χ0v) is 19.1. The average molecular weight is 463 g/mol. The van der Waals surface area contributed by atoms with Gasteiger partial charge in [0.05, 0.1) is 15.5 Å². The molecule has 0 unspecified atom stereocenters. The van der Waals surface area contributed by atoms with Crippen molar-refractivity contribution in [2.45, 2.75) is 17.7 Å². The molecule has 166 valence electrons. The molecule has 0 atom stereocenters. The minimum absolute atomic E-state index is 0.0796. The molecular formula is C22H27ClN4O3S. The van der Waals surface area contributed by atoms with Crippen LogP contribution >= 0.6 is 11.6 Å². The van der Waals surface area contributed by atoms with Crippen molar-refractivity contribution >= 4 is 38.9 Å². The van der Waals surface area contributed by atoms with Crippen molar-refractivity contribution in [3.8, 4) is 0 Å². The molecule has 9 heteroatoms. The lowest BCUT2D eigenvalue weighted by Crippen LogP contribution is -2.47. The van der Waals surface area contributed by atoms with Gasteiger partial charge in [-0.3, -0.25) is 4.79 Å². The van der Waals surface area contributed by atoms with Crippen LogP contribution in [0.3, 0.4) is 0 Å². The quantitative estimate of drug-likeness (QED) is 0.739. The molecule has 2 aliphatic heterocycles. The van der Waals surface area contributed by atoms with E-state index in [1.54, 1.807) is 0 Å². The number of amides is 1. The first-order valence-electron chi connectivity index (χ1n) is 10.5. The molecule has 0 bridgehead atoms. The molecule has 2 aromatic carbocycles. The molecule has 2 heterocycles. The van der Waals surface area contributed by atoms with Crippen LogP contribution in [0.5, 0.6) is 0 Å². The summed E-state index contributed by atoms with van der Waals surface area (Å²) in [5.74, 6) is -0.436. The highest BCUT2D eigenvalue weighted by Crippen LogP contribution is 2.26. The first-order chi connectivity index (χ1) is 14.8. The van der Waals surface area contributed by atoms with E-state index in [4.69, 9.17) is 11.6 Å². The summed E-state index contributed by atoms with van der Waals surface area (Å²) in [6, 6.07) is 12.0. The van der Waals surface area contributed by atoms with Gasteiger partial charge in [0, 0.05) is 50.6 Å². The van der Waals surface area contributed by atoms with Crippen LogP contribution in [0.4, 0.5) is 11.4 Å². The number of piperazine rings is 1. The summed E-state index contributed by atoms with van der Waals surface area (Å²) in [4.78, 5) is 17.3. The van der Waals surface area contributed by atoms with Crippen LogP contribution in [0.1, 0.15) is 23.2 Å². The predicted octanol–water partition coefficient (Wildman–Crippen LogP) is 3.13. The Morgan fingerprint density at radius 2 is 1.58 bits per heavy atom. The lowest BCUT2D eigenvalue weighted by atomic mass is 10.2. The van der Waals surface area contributed by atoms with Crippen molar-refractivity contribution in [2.24, 2.45) is 0 Å². The van der Waals surface area contributed by atoms with Crippen LogP contribution in [0.25, 0.3) is 0 Å². The second-order valence-corrected chi connectivity index (χ2v) is 10.4. The van der Waals surface area contributed by atoms with E-state index >= 15 is 0 Å². The molecule has 2 saturated heterocycles. The number of nitrogens with zero attached hydrogens (tertiary/aromatic N) is 3. The lowest BCUT2D eigenvalue weighted by molar-refractivity contribution is 0.102. The van der Waals surface area contributed by atoms with Crippen molar-refractivity contribution in [3.63, 3.8) is 0 Å². The van der Waals surface area contributed by atoms with Crippen molar-refractivity contribution in [3.05, 3.63) is 53.1 Å². The Bertz CT molecular complexity index is 1040. The van der Waals surface area contributed by atoms with E-state index in [9.17, 15) is 13.2 Å². The molecule has 0 aromatic heterocycles. The van der Waals surface area contributed by atoms with Gasteiger partial charge in [0.1, 0.15) is 0 Å². The molecule has 1 amide bonds. The monoisotopic (exact) mass is 462 g/mol. The minimum atomic E-state index is -3.68. The van der Waals surface area contributed by atoms with Crippen LogP contribution in [0, 0.1) is 0 Å². The molecule has 0 radical (unpaired) electrons. The van der Waals surface area contributed by atoms with Gasteiger partial charge in [0.2, 0.25) is 10.0 Å². The Morgan fingerprint density at radius 1 is 0.935 bits per heavy atom. The van der Waals surface area contributed by atoms with Gasteiger partial charge in [0.15, 0.2) is 0 Å². The Morgan fingerprint density at radius 3 is 2.23 bits per heavy atom. The molecule has 0 spiro atoms. The summed E-state index contributed by atoms with van der Waals surface area (Å²) in [6.07, 6.45) is 2.40. The highest BCUT2D eigenvalue weighted by atomic mass is 35.5. The van der Waals surface area contributed by atoms with Gasteiger partial charge in [-0.25, -0.2) is 8.42 Å². The number of anilines is 2. The summed E-state index contributed by atoms with van der Waals surface area (Å²) in [6.45, 7) is 4.30. The molecule has 2 fully saturated rings. The van der Waals surface area contributed by atoms with Crippen LogP contribution < -0.4 is 10.2 Å². The van der Waals surface area contributed by atoms with Crippen LogP contribution in [-0.4, -0.2) is 69.8 Å². The Labute approximate surface area is 188 Å². The summed E-state index contributed by atoms with van der Waals surface area (Å²) in [7, 11) is -1.72. The molecule has 7 nitrogen and oxygen atoms in total. The van der Waals surface area contributed by atoms with Gasteiger partial charge in [-0.15, -0.1) is 0 Å². The van der Waals surface area contributed by atoms with E-state index in [1.807, 2.05) is 31.3 Å². The summed E-state index contributed by atoms with van der Waals surface area (Å²) in [5, 5.41) is 3.04. The van der Waals surface area contributed by atoms with Crippen LogP contribution in [0.2, 0.25) is 5.02 Å². The fraction of sp³-hybridized carbons (Fsp3) is 0.409. The highest BCUT2D eigenvalue weighted by molar-refractivity contribution is 7.89. The number of rotatable bonds is 5. The van der Waals surface area contributed by atoms with Crippen molar-refractivity contribution in [2.75, 3.05) is 56.5 Å². The van der Waals surface area contributed by atoms with Crippen molar-refractivity contribution < 1.29 is 13.2 Å². The Balaban J connectivity index is 1.50. The predicted molar refractivity (Wildman–Crippen MR) is 124 cm³/mol. The molecule has 2 aromatic rings. The van der Waals surface area contributed by atoms with Gasteiger partial charge >= 0.3 is 0 Å². The maximum absolute atomic E-state index is 13.0. The van der Waals surface area contributed by atoms with Crippen molar-refractivity contribution in [1.29, 1.82) is 0 Å². The Kier molecular flexibility index (Phi) is 6.52. The molecule has 1 N–H and O–H groups in total. The van der Waals surface area contributed by atoms with E-state index in [0.29, 0.717) is 31.9 Å². The number of carbonyl (C=O) groups is 1. The topological polar surface area (TPSA) is 73.0 Å². The van der Waals surface area contributed by atoms with Gasteiger partial charge in [-0.05, 0) is 62.4 Å². The smallest absolute Gasteiger partial charge is 0.257 e. The van der Waals surface area contributed by atoms with Gasteiger partial charge in [-0.1, -0.05) is 11.6 Å². The zero-order valence-electron chi connectivity index (χ0n) is 17.6. The van der Waals surface area contributed by atoms with Gasteiger partial charge in [0.25, 0.3) is 5.91 Å². The number of benzene rings is 2. The number of likely N-dealkylation sites (N-methyl/N-ethyl adjacent to an activating group) is 1. The standard InChI is InChI=1S/C22H27ClN4O3S/c1-25-12-14-27(15-13-25)31(29,30)19-8-9-21(23)20(16-19)22(28)24-17-4-6-18(7-5-17)26-10-2-3-11-26/h4-9,16H,2-3,10-15H2,1H3,(H,24,28). The number of carbonyl (C=O) groups excluding carboxylic acids is 1. The fourth-order valence-corrected chi connectivity index (χ4v) is 5.60. The van der Waals surface area contributed by atoms with Gasteiger partial charge < -0.3 is 15.1 Å². The third kappa shape index (κ3) is 4.87. The van der Waals surface area contributed by atoms with E-state index in [2.05, 4.69) is 15.1 Å². The zero-order chi connectivity index (χ0) is 22.0. The maximum Gasteiger partial charge on any atom is 0.257 e. The van der Waals surface area contributed by atoms with Crippen LogP contribution in [0.15, 0.2) is 47.4 Å². The first-order valence-corrected chi connectivity index (χ1v) is 12.3. The maximum atomic E-state index is 13.0. The summed E-state index contributed by atoms with van der Waals surface area (Å²) < 4.78 is 27.5. The van der Waals surface area contributed by atoms with E-state index in [1.165, 1.54) is 35.3 Å². The number of sulfonamides is 1. The third-order valence-electron chi connectivity index (χ3n) is 5.88. The van der Waals surface area contributed by atoms with Crippen LogP contribution in [-0.2, 0) is 10.0 Å². The molecular weight excluding hydrogens is 436 g/mol. The second kappa shape index (κ2) is 9.16. The molecule has 4 rings (SSSR count). The largest absolute Gasteiger partial charge is 0.372 e. The first kappa shape index (κ1) is 22.1. The number of hydrogen-bond donors (Lipinski definition) is 1. The number of halogens is 1. The average Bonchev–Trinajstić information content (AvgIpc) is 3.29. The summed E-state index contributed by atoms with van der Waals surface area (Å²) in [5.41, 5.74) is 1.91. The van der Waals surface area contributed by atoms with E-state index in [0.717, 1.165) is 18.8 Å². The highest BCUT2D eigenvalue weighted by Gasteiger charge is 2.28. The molecule has 0 aliphatic carbocycles. The molecule has 0 saturated carbocycles. The fourth-order valence-electron chi connectivity index (χ4n) is 3.95. The lowest BCUT2D eigenvalue weighted by Gasteiger charge is -2.31. The molecule has 31 heavy (non-hydrogen) atoms. The third-order valence-corrected chi connectivity index (χ3v) is 8.10. The van der Waals surface area contributed by atoms with Crippen molar-refractivity contribution in [1.82, 2.24) is 9.21 Å². The van der Waals surface area contributed by atoms with E-state index in [-0.39, 0.29) is 15.5 Å². The summed E-state index contributed by atoms with van der Waals surface area (Å²) >= 11 is 6.24.